The molecule has 1 rings (SSSR count). The fourth-order valence-corrected chi connectivity index (χ4v) is 1.98. The molecule has 8 nitrogen and oxygen atoms in total. The third kappa shape index (κ3) is 6.17. The van der Waals surface area contributed by atoms with Crippen LogP contribution in [0.25, 0.3) is 0 Å². The number of alkyl carbamates (subject to hydrolysis) is 1. The van der Waals surface area contributed by atoms with E-state index in [-0.39, 0.29) is 13.1 Å². The lowest BCUT2D eigenvalue weighted by molar-refractivity contribution is 0.00689. The van der Waals surface area contributed by atoms with Crippen molar-refractivity contribution in [2.75, 3.05) is 33.4 Å². The Hall–Kier alpha value is -1.54. The number of carboxylic acid groups (broad SMARTS) is 1. The fourth-order valence-electron chi connectivity index (χ4n) is 1.98. The van der Waals surface area contributed by atoms with Gasteiger partial charge in [0.1, 0.15) is 5.60 Å². The van der Waals surface area contributed by atoms with Gasteiger partial charge in [-0.25, -0.2) is 9.59 Å². The number of ether oxygens (including phenoxy) is 3. The van der Waals surface area contributed by atoms with Crippen LogP contribution >= 0.6 is 0 Å². The van der Waals surface area contributed by atoms with Gasteiger partial charge in [-0.15, -0.1) is 0 Å². The van der Waals surface area contributed by atoms with E-state index in [2.05, 4.69) is 5.32 Å². The molecule has 0 aliphatic carbocycles. The number of rotatable bonds is 5. The smallest absolute Gasteiger partial charge is 0.408 e. The molecule has 0 aromatic rings. The summed E-state index contributed by atoms with van der Waals surface area (Å²) in [6.45, 7) is 6.40. The number of nitrogens with zero attached hydrogens (tertiary/aromatic N) is 1. The molecule has 0 spiro atoms. The molecule has 0 aromatic heterocycles. The maximum atomic E-state index is 11.8. The van der Waals surface area contributed by atoms with Crippen LogP contribution in [0.2, 0.25) is 0 Å². The number of nitrogens with one attached hydrogen (secondary N) is 1. The van der Waals surface area contributed by atoms with Gasteiger partial charge in [0.05, 0.1) is 31.9 Å². The minimum absolute atomic E-state index is 0.173. The molecule has 2 atom stereocenters. The third-order valence-corrected chi connectivity index (χ3v) is 2.86. The first-order chi connectivity index (χ1) is 9.73. The molecule has 2 unspecified atom stereocenters. The van der Waals surface area contributed by atoms with Crippen LogP contribution in [0.1, 0.15) is 20.8 Å². The first-order valence-corrected chi connectivity index (χ1v) is 6.81. The van der Waals surface area contributed by atoms with E-state index >= 15 is 0 Å². The molecule has 1 heterocycles. The van der Waals surface area contributed by atoms with E-state index in [1.54, 1.807) is 27.9 Å². The zero-order valence-corrected chi connectivity index (χ0v) is 12.9. The van der Waals surface area contributed by atoms with Crippen LogP contribution in [0.15, 0.2) is 0 Å². The maximum Gasteiger partial charge on any atom is 0.408 e. The molecule has 0 saturated carbocycles. The van der Waals surface area contributed by atoms with Gasteiger partial charge in [-0.1, -0.05) is 0 Å². The Labute approximate surface area is 124 Å². The van der Waals surface area contributed by atoms with Crippen molar-refractivity contribution in [1.29, 1.82) is 0 Å². The van der Waals surface area contributed by atoms with Crippen molar-refractivity contribution in [1.82, 2.24) is 10.2 Å². The molecule has 1 fully saturated rings. The largest absolute Gasteiger partial charge is 0.465 e. The zero-order chi connectivity index (χ0) is 16.0. The van der Waals surface area contributed by atoms with E-state index < -0.39 is 29.9 Å². The first-order valence-electron chi connectivity index (χ1n) is 6.81. The standard InChI is InChI=1S/C13H24N2O6/c1-13(2,3)21-11(16)14-9-7-15(12(17)18)8-10(9)20-6-5-19-4/h9-10H,5-8H2,1-4H3,(H,14,16)(H,17,18). The normalized spacial score (nSPS) is 22.2. The molecule has 1 saturated heterocycles. The summed E-state index contributed by atoms with van der Waals surface area (Å²) in [7, 11) is 1.55. The molecule has 0 bridgehead atoms. The SMILES string of the molecule is COCCOC1CN(C(=O)O)CC1NC(=O)OC(C)(C)C. The molecule has 1 aliphatic heterocycles. The summed E-state index contributed by atoms with van der Waals surface area (Å²) in [4.78, 5) is 24.0. The molecular weight excluding hydrogens is 280 g/mol. The van der Waals surface area contributed by atoms with Gasteiger partial charge in [0.2, 0.25) is 0 Å². The minimum atomic E-state index is -1.04. The molecule has 8 heteroatoms. The summed E-state index contributed by atoms with van der Waals surface area (Å²) >= 11 is 0. The monoisotopic (exact) mass is 304 g/mol. The van der Waals surface area contributed by atoms with Crippen LogP contribution in [-0.2, 0) is 14.2 Å². The maximum absolute atomic E-state index is 11.8. The molecule has 2 N–H and O–H groups in total. The van der Waals surface area contributed by atoms with Crippen LogP contribution in [0.5, 0.6) is 0 Å². The highest BCUT2D eigenvalue weighted by Gasteiger charge is 2.37. The van der Waals surface area contributed by atoms with Gasteiger partial charge in [0, 0.05) is 13.7 Å². The van der Waals surface area contributed by atoms with Crippen LogP contribution < -0.4 is 5.32 Å². The molecular formula is C13H24N2O6. The van der Waals surface area contributed by atoms with Gasteiger partial charge in [-0.05, 0) is 20.8 Å². The zero-order valence-electron chi connectivity index (χ0n) is 12.9. The number of amides is 2. The predicted molar refractivity (Wildman–Crippen MR) is 74.4 cm³/mol. The summed E-state index contributed by atoms with van der Waals surface area (Å²) < 4.78 is 15.6. The Morgan fingerprint density at radius 2 is 1.95 bits per heavy atom. The molecule has 0 radical (unpaired) electrons. The number of hydrogen-bond donors (Lipinski definition) is 2. The Kier molecular flexibility index (Phi) is 6.22. The van der Waals surface area contributed by atoms with Crippen LogP contribution in [0.3, 0.4) is 0 Å². The van der Waals surface area contributed by atoms with E-state index in [1.807, 2.05) is 0 Å². The molecule has 21 heavy (non-hydrogen) atoms. The van der Waals surface area contributed by atoms with Crippen molar-refractivity contribution < 1.29 is 28.9 Å². The Morgan fingerprint density at radius 3 is 2.48 bits per heavy atom. The van der Waals surface area contributed by atoms with Gasteiger partial charge in [0.25, 0.3) is 0 Å². The molecule has 122 valence electrons. The van der Waals surface area contributed by atoms with E-state index in [0.29, 0.717) is 13.2 Å². The lowest BCUT2D eigenvalue weighted by Gasteiger charge is -2.24. The highest BCUT2D eigenvalue weighted by Crippen LogP contribution is 2.15. The number of carbonyl (C=O) groups excluding carboxylic acids is 1. The highest BCUT2D eigenvalue weighted by molar-refractivity contribution is 5.69. The molecule has 2 amide bonds. The average molecular weight is 304 g/mol. The first kappa shape index (κ1) is 17.5. The molecule has 0 aromatic carbocycles. The topological polar surface area (TPSA) is 97.3 Å². The van der Waals surface area contributed by atoms with Gasteiger partial charge >= 0.3 is 12.2 Å². The second-order valence-electron chi connectivity index (χ2n) is 5.84. The summed E-state index contributed by atoms with van der Waals surface area (Å²) in [6, 6.07) is -0.437. The Balaban J connectivity index is 2.57. The number of hydrogen-bond acceptors (Lipinski definition) is 5. The van der Waals surface area contributed by atoms with Gasteiger partial charge in [0.15, 0.2) is 0 Å². The van der Waals surface area contributed by atoms with Gasteiger partial charge < -0.3 is 29.5 Å². The third-order valence-electron chi connectivity index (χ3n) is 2.86. The lowest BCUT2D eigenvalue weighted by Crippen LogP contribution is -2.46. The van der Waals surface area contributed by atoms with E-state index in [1.165, 1.54) is 4.90 Å². The highest BCUT2D eigenvalue weighted by atomic mass is 16.6. The number of likely N-dealkylation sites (tertiary alicyclic amines) is 1. The summed E-state index contributed by atoms with van der Waals surface area (Å²) in [5.41, 5.74) is -0.610. The van der Waals surface area contributed by atoms with Crippen molar-refractivity contribution in [3.63, 3.8) is 0 Å². The summed E-state index contributed by atoms with van der Waals surface area (Å²) in [5.74, 6) is 0. The average Bonchev–Trinajstić information content (AvgIpc) is 2.70. The van der Waals surface area contributed by atoms with Crippen LogP contribution in [0.4, 0.5) is 9.59 Å². The second kappa shape index (κ2) is 7.46. The van der Waals surface area contributed by atoms with E-state index in [0.717, 1.165) is 0 Å². The van der Waals surface area contributed by atoms with Crippen molar-refractivity contribution in [2.45, 2.75) is 38.5 Å². The fraction of sp³-hybridized carbons (Fsp3) is 0.846. The quantitative estimate of drug-likeness (QED) is 0.733. The van der Waals surface area contributed by atoms with E-state index in [9.17, 15) is 9.59 Å². The summed E-state index contributed by atoms with van der Waals surface area (Å²) in [6.07, 6.45) is -2.03. The van der Waals surface area contributed by atoms with Gasteiger partial charge in [-0.3, -0.25) is 0 Å². The minimum Gasteiger partial charge on any atom is -0.465 e. The lowest BCUT2D eigenvalue weighted by atomic mass is 10.2. The van der Waals surface area contributed by atoms with Crippen molar-refractivity contribution >= 4 is 12.2 Å². The van der Waals surface area contributed by atoms with Gasteiger partial charge in [-0.2, -0.15) is 0 Å². The van der Waals surface area contributed by atoms with E-state index in [4.69, 9.17) is 19.3 Å². The van der Waals surface area contributed by atoms with Crippen molar-refractivity contribution in [2.24, 2.45) is 0 Å². The number of methoxy groups -OCH3 is 1. The Bertz CT molecular complexity index is 368. The second-order valence-corrected chi connectivity index (χ2v) is 5.84. The summed E-state index contributed by atoms with van der Waals surface area (Å²) in [5, 5.41) is 11.7. The Morgan fingerprint density at radius 1 is 1.29 bits per heavy atom. The van der Waals surface area contributed by atoms with Crippen molar-refractivity contribution in [3.05, 3.63) is 0 Å². The molecule has 1 aliphatic rings. The predicted octanol–water partition coefficient (Wildman–Crippen LogP) is 0.905. The van der Waals surface area contributed by atoms with Crippen LogP contribution in [-0.4, -0.2) is 73.4 Å². The van der Waals surface area contributed by atoms with Crippen LogP contribution in [0, 0.1) is 0 Å². The van der Waals surface area contributed by atoms with Crippen molar-refractivity contribution in [3.8, 4) is 0 Å². The number of carbonyl (C=O) groups is 2.